The second kappa shape index (κ2) is 12.6. The Hall–Kier alpha value is -3.24. The lowest BCUT2D eigenvalue weighted by molar-refractivity contribution is -0.268. The van der Waals surface area contributed by atoms with Gasteiger partial charge in [-0.2, -0.15) is 0 Å². The number of aliphatic hydroxyl groups is 1. The van der Waals surface area contributed by atoms with Crippen LogP contribution < -0.4 is 5.32 Å². The molecule has 0 radical (unpaired) electrons. The molecule has 188 valence electrons. The topological polar surface area (TPSA) is 103 Å². The van der Waals surface area contributed by atoms with E-state index in [0.717, 1.165) is 16.7 Å². The van der Waals surface area contributed by atoms with Crippen LogP contribution in [0.15, 0.2) is 84.8 Å². The highest BCUT2D eigenvalue weighted by Crippen LogP contribution is 2.42. The Morgan fingerprint density at radius 1 is 1.11 bits per heavy atom. The number of aliphatic hydroxyl groups excluding tert-OH is 1. The first-order valence-electron chi connectivity index (χ1n) is 11.6. The van der Waals surface area contributed by atoms with E-state index in [1.807, 2.05) is 36.4 Å². The Balaban J connectivity index is 1.52. The minimum absolute atomic E-state index is 0.00898. The second-order valence-electron chi connectivity index (χ2n) is 8.30. The van der Waals surface area contributed by atoms with Crippen molar-refractivity contribution >= 4 is 23.5 Å². The predicted octanol–water partition coefficient (Wildman–Crippen LogP) is 5.29. The molecule has 1 saturated heterocycles. The Kier molecular flexibility index (Phi) is 9.07. The van der Waals surface area contributed by atoms with Crippen LogP contribution in [0.3, 0.4) is 0 Å². The zero-order chi connectivity index (χ0) is 25.3. The van der Waals surface area contributed by atoms with E-state index in [1.165, 1.54) is 6.08 Å². The predicted molar refractivity (Wildman–Crippen MR) is 137 cm³/mol. The smallest absolute Gasteiger partial charge is 0.411 e. The normalized spacial score (nSPS) is 21.5. The zero-order valence-corrected chi connectivity index (χ0v) is 20.8. The quantitative estimate of drug-likeness (QED) is 0.229. The van der Waals surface area contributed by atoms with Crippen LogP contribution in [-0.2, 0) is 20.8 Å². The van der Waals surface area contributed by atoms with E-state index in [0.29, 0.717) is 16.6 Å². The molecule has 0 saturated carbocycles. The van der Waals surface area contributed by atoms with Crippen LogP contribution in [0, 0.1) is 5.92 Å². The Morgan fingerprint density at radius 3 is 2.47 bits per heavy atom. The highest BCUT2D eigenvalue weighted by molar-refractivity contribution is 7.99. The number of amides is 1. The highest BCUT2D eigenvalue weighted by atomic mass is 32.2. The van der Waals surface area contributed by atoms with Gasteiger partial charge in [-0.1, -0.05) is 67.7 Å². The van der Waals surface area contributed by atoms with Gasteiger partial charge in [-0.3, -0.25) is 5.32 Å². The Morgan fingerprint density at radius 2 is 1.81 bits per heavy atom. The molecule has 4 atom stereocenters. The fraction of sp³-hybridized carbons (Fsp3) is 0.296. The summed E-state index contributed by atoms with van der Waals surface area (Å²) in [5.74, 6) is 0.711. The summed E-state index contributed by atoms with van der Waals surface area (Å²) in [6, 6.07) is 16.9. The van der Waals surface area contributed by atoms with Gasteiger partial charge >= 0.3 is 6.09 Å². The van der Waals surface area contributed by atoms with Crippen LogP contribution >= 0.6 is 11.8 Å². The van der Waals surface area contributed by atoms with E-state index >= 15 is 0 Å². The number of aromatic nitrogens is 2. The monoisotopic (exact) mass is 507 g/mol. The first-order chi connectivity index (χ1) is 17.6. The van der Waals surface area contributed by atoms with Gasteiger partial charge in [0.25, 0.3) is 0 Å². The van der Waals surface area contributed by atoms with Gasteiger partial charge in [0.2, 0.25) is 0 Å². The molecule has 3 aromatic rings. The van der Waals surface area contributed by atoms with Crippen LogP contribution in [0.5, 0.6) is 0 Å². The van der Waals surface area contributed by atoms with Crippen molar-refractivity contribution in [1.82, 2.24) is 9.97 Å². The minimum Gasteiger partial charge on any atom is -0.445 e. The number of nitrogens with one attached hydrogen (secondary N) is 1. The molecule has 8 nitrogen and oxygen atoms in total. The number of benzene rings is 2. The largest absolute Gasteiger partial charge is 0.445 e. The summed E-state index contributed by atoms with van der Waals surface area (Å²) in [7, 11) is 0. The van der Waals surface area contributed by atoms with Crippen LogP contribution in [0.4, 0.5) is 10.5 Å². The van der Waals surface area contributed by atoms with Crippen molar-refractivity contribution in [3.8, 4) is 0 Å². The molecule has 9 heteroatoms. The average molecular weight is 508 g/mol. The summed E-state index contributed by atoms with van der Waals surface area (Å²) in [6.45, 7) is 5.77. The van der Waals surface area contributed by atoms with Crippen molar-refractivity contribution in [3.63, 3.8) is 0 Å². The molecule has 2 N–H and O–H groups in total. The average Bonchev–Trinajstić information content (AvgIpc) is 2.92. The number of carbonyl (C=O) groups excluding carboxylic acids is 1. The van der Waals surface area contributed by atoms with Gasteiger partial charge in [-0.05, 0) is 29.3 Å². The summed E-state index contributed by atoms with van der Waals surface area (Å²) < 4.78 is 17.8. The molecule has 2 aromatic carbocycles. The van der Waals surface area contributed by atoms with E-state index in [-0.39, 0.29) is 31.3 Å². The summed E-state index contributed by atoms with van der Waals surface area (Å²) in [5, 5.41) is 12.8. The SMILES string of the molecule is C=CCOC(=O)Nc1ccc(C2OC(CSc3ncccn3)C(C)C(c3ccc(CO)cc3)O2)cc1. The maximum atomic E-state index is 11.8. The number of hydrogen-bond donors (Lipinski definition) is 2. The van der Waals surface area contributed by atoms with Crippen molar-refractivity contribution in [2.24, 2.45) is 5.92 Å². The van der Waals surface area contributed by atoms with Crippen molar-refractivity contribution in [3.05, 3.63) is 96.3 Å². The number of nitrogens with zero attached hydrogens (tertiary/aromatic N) is 2. The van der Waals surface area contributed by atoms with Crippen LogP contribution in [0.1, 0.15) is 36.0 Å². The maximum Gasteiger partial charge on any atom is 0.411 e. The van der Waals surface area contributed by atoms with Gasteiger partial charge in [0, 0.05) is 35.3 Å². The van der Waals surface area contributed by atoms with Gasteiger partial charge in [-0.25, -0.2) is 14.8 Å². The number of hydrogen-bond acceptors (Lipinski definition) is 8. The van der Waals surface area contributed by atoms with Crippen LogP contribution in [0.2, 0.25) is 0 Å². The lowest BCUT2D eigenvalue weighted by atomic mass is 9.91. The molecule has 0 aliphatic carbocycles. The summed E-state index contributed by atoms with van der Waals surface area (Å²) in [6.07, 6.45) is 3.45. The molecule has 4 unspecified atom stereocenters. The number of rotatable bonds is 9. The summed E-state index contributed by atoms with van der Waals surface area (Å²) >= 11 is 1.54. The standard InChI is InChI=1S/C27H29N3O5S/c1-3-15-33-27(32)30-22-11-9-21(10-12-22)25-34-23(17-36-26-28-13-4-14-29-26)18(2)24(35-25)20-7-5-19(16-31)6-8-20/h3-14,18,23-25,31H,1,15-17H2,2H3,(H,30,32). The van der Waals surface area contributed by atoms with Crippen molar-refractivity contribution in [2.75, 3.05) is 17.7 Å². The number of anilines is 1. The lowest BCUT2D eigenvalue weighted by Gasteiger charge is -2.41. The lowest BCUT2D eigenvalue weighted by Crippen LogP contribution is -2.38. The van der Waals surface area contributed by atoms with E-state index in [1.54, 1.807) is 42.4 Å². The molecule has 0 bridgehead atoms. The van der Waals surface area contributed by atoms with Gasteiger partial charge < -0.3 is 19.3 Å². The third-order valence-corrected chi connectivity index (χ3v) is 6.77. The molecular weight excluding hydrogens is 478 g/mol. The fourth-order valence-electron chi connectivity index (χ4n) is 3.84. The summed E-state index contributed by atoms with van der Waals surface area (Å²) in [5.41, 5.74) is 3.29. The van der Waals surface area contributed by atoms with E-state index in [9.17, 15) is 9.90 Å². The molecular formula is C27H29N3O5S. The number of thioether (sulfide) groups is 1. The molecule has 4 rings (SSSR count). The van der Waals surface area contributed by atoms with E-state index < -0.39 is 12.4 Å². The van der Waals surface area contributed by atoms with Crippen LogP contribution in [-0.4, -0.2) is 39.6 Å². The molecule has 1 aliphatic rings. The van der Waals surface area contributed by atoms with Crippen molar-refractivity contribution in [2.45, 2.75) is 37.2 Å². The van der Waals surface area contributed by atoms with Crippen molar-refractivity contribution in [1.29, 1.82) is 0 Å². The maximum absolute atomic E-state index is 11.8. The first kappa shape index (κ1) is 25.8. The third-order valence-electron chi connectivity index (χ3n) is 5.80. The van der Waals surface area contributed by atoms with Gasteiger partial charge in [-0.15, -0.1) is 0 Å². The van der Waals surface area contributed by atoms with Gasteiger partial charge in [0.15, 0.2) is 11.4 Å². The molecule has 1 aromatic heterocycles. The van der Waals surface area contributed by atoms with E-state index in [2.05, 4.69) is 28.8 Å². The van der Waals surface area contributed by atoms with Gasteiger partial charge in [0.1, 0.15) is 6.61 Å². The zero-order valence-electron chi connectivity index (χ0n) is 19.9. The molecule has 1 fully saturated rings. The molecule has 0 spiro atoms. The second-order valence-corrected chi connectivity index (χ2v) is 9.29. The Labute approximate surface area is 214 Å². The van der Waals surface area contributed by atoms with E-state index in [4.69, 9.17) is 14.2 Å². The molecule has 1 aliphatic heterocycles. The summed E-state index contributed by atoms with van der Waals surface area (Å²) in [4.78, 5) is 20.4. The van der Waals surface area contributed by atoms with Crippen molar-refractivity contribution < 1.29 is 24.1 Å². The first-order valence-corrected chi connectivity index (χ1v) is 12.6. The number of carbonyl (C=O) groups is 1. The minimum atomic E-state index is -0.604. The molecule has 2 heterocycles. The Bertz CT molecular complexity index is 1130. The molecule has 36 heavy (non-hydrogen) atoms. The van der Waals surface area contributed by atoms with Crippen LogP contribution in [0.25, 0.3) is 0 Å². The third kappa shape index (κ3) is 6.70. The fourth-order valence-corrected chi connectivity index (χ4v) is 4.80. The number of ether oxygens (including phenoxy) is 3. The molecule has 1 amide bonds. The van der Waals surface area contributed by atoms with Gasteiger partial charge in [0.05, 0.1) is 18.8 Å². The highest BCUT2D eigenvalue weighted by Gasteiger charge is 2.38.